The first-order valence-electron chi connectivity index (χ1n) is 4.68. The van der Waals surface area contributed by atoms with E-state index in [0.717, 1.165) is 12.5 Å². The van der Waals surface area contributed by atoms with Gasteiger partial charge in [-0.3, -0.25) is 8.37 Å². The average molecular weight is 340 g/mol. The Labute approximate surface area is 111 Å². The van der Waals surface area contributed by atoms with Crippen molar-refractivity contribution >= 4 is 30.6 Å². The van der Waals surface area contributed by atoms with Crippen molar-refractivity contribution in [1.29, 1.82) is 0 Å². The van der Waals surface area contributed by atoms with E-state index in [1.54, 1.807) is 0 Å². The van der Waals surface area contributed by atoms with E-state index < -0.39 is 56.1 Å². The third-order valence-electron chi connectivity index (χ3n) is 1.79. The van der Waals surface area contributed by atoms with Crippen LogP contribution in [0.25, 0.3) is 0 Å². The van der Waals surface area contributed by atoms with Crippen LogP contribution in [0.15, 0.2) is 0 Å². The molecule has 1 rings (SSSR count). The van der Waals surface area contributed by atoms with Gasteiger partial charge in [0, 0.05) is 0 Å². The van der Waals surface area contributed by atoms with Crippen LogP contribution in [0.5, 0.6) is 0 Å². The van der Waals surface area contributed by atoms with Gasteiger partial charge in [-0.25, -0.2) is 8.37 Å². The molecular weight excluding hydrogens is 328 g/mol. The van der Waals surface area contributed by atoms with Gasteiger partial charge in [0.15, 0.2) is 0 Å². The number of hydrogen-bond acceptors (Lipinski definition) is 10. The largest absolute Gasteiger partial charge is 0.400 e. The Bertz CT molecular complexity index is 564. The van der Waals surface area contributed by atoms with Gasteiger partial charge < -0.3 is 0 Å². The van der Waals surface area contributed by atoms with E-state index >= 15 is 0 Å². The molecule has 10 nitrogen and oxygen atoms in total. The van der Waals surface area contributed by atoms with Gasteiger partial charge in [-0.2, -0.15) is 25.3 Å². The van der Waals surface area contributed by atoms with Crippen LogP contribution >= 0.6 is 0 Å². The molecule has 0 bridgehead atoms. The fraction of sp³-hybridized carbons (Fsp3) is 1.00. The van der Waals surface area contributed by atoms with Gasteiger partial charge in [0.25, 0.3) is 20.2 Å². The maximum atomic E-state index is 11.0. The fourth-order valence-corrected chi connectivity index (χ4v) is 2.87. The van der Waals surface area contributed by atoms with Gasteiger partial charge in [-0.15, -0.1) is 0 Å². The summed E-state index contributed by atoms with van der Waals surface area (Å²) in [7, 11) is -11.9. The topological polar surface area (TPSA) is 139 Å². The van der Waals surface area contributed by atoms with E-state index in [1.165, 1.54) is 0 Å². The zero-order chi connectivity index (χ0) is 14.9. The van der Waals surface area contributed by atoms with Crippen molar-refractivity contribution < 1.29 is 42.0 Å². The van der Waals surface area contributed by atoms with Crippen LogP contribution in [0.1, 0.15) is 0 Å². The quantitative estimate of drug-likeness (QED) is 0.497. The molecule has 1 heterocycles. The first kappa shape index (κ1) is 16.7. The van der Waals surface area contributed by atoms with E-state index in [4.69, 9.17) is 0 Å². The highest BCUT2D eigenvalue weighted by Gasteiger charge is 2.41. The van der Waals surface area contributed by atoms with Crippen LogP contribution < -0.4 is 0 Å². The normalized spacial score (nSPS) is 27.5. The Hall–Kier alpha value is -0.310. The number of hydrogen-bond donors (Lipinski definition) is 0. The molecule has 0 saturated carbocycles. The van der Waals surface area contributed by atoms with E-state index in [1.807, 2.05) is 0 Å². The smallest absolute Gasteiger partial charge is 0.267 e. The molecule has 0 aromatic carbocycles. The Morgan fingerprint density at radius 3 is 1.47 bits per heavy atom. The lowest BCUT2D eigenvalue weighted by atomic mass is 10.2. The maximum absolute atomic E-state index is 11.0. The third kappa shape index (κ3) is 6.60. The predicted octanol–water partition coefficient (Wildman–Crippen LogP) is -2.03. The minimum Gasteiger partial charge on any atom is -0.267 e. The van der Waals surface area contributed by atoms with E-state index in [-0.39, 0.29) is 0 Å². The summed E-state index contributed by atoms with van der Waals surface area (Å²) in [6.07, 6.45) is -1.11. The van der Waals surface area contributed by atoms with Gasteiger partial charge in [0.05, 0.1) is 25.7 Å². The lowest BCUT2D eigenvalue weighted by Crippen LogP contribution is -2.33. The Balaban J connectivity index is 2.70. The Morgan fingerprint density at radius 1 is 0.895 bits per heavy atom. The van der Waals surface area contributed by atoms with Gasteiger partial charge in [-0.1, -0.05) is 0 Å². The molecule has 0 unspecified atom stereocenters. The van der Waals surface area contributed by atoms with Crippen LogP contribution in [0.4, 0.5) is 0 Å². The van der Waals surface area contributed by atoms with Crippen LogP contribution in [0, 0.1) is 0 Å². The van der Waals surface area contributed by atoms with Crippen molar-refractivity contribution in [3.8, 4) is 0 Å². The van der Waals surface area contributed by atoms with Crippen molar-refractivity contribution in [1.82, 2.24) is 0 Å². The van der Waals surface area contributed by atoms with Crippen molar-refractivity contribution in [2.75, 3.05) is 25.7 Å². The Morgan fingerprint density at radius 2 is 1.21 bits per heavy atom. The molecule has 2 atom stereocenters. The van der Waals surface area contributed by atoms with Crippen molar-refractivity contribution in [3.05, 3.63) is 0 Å². The lowest BCUT2D eigenvalue weighted by molar-refractivity contribution is 0.0713. The zero-order valence-corrected chi connectivity index (χ0v) is 12.3. The monoisotopic (exact) mass is 340 g/mol. The summed E-state index contributed by atoms with van der Waals surface area (Å²) in [5.41, 5.74) is 0. The molecule has 1 aliphatic heterocycles. The minimum absolute atomic E-state index is 0.643. The molecule has 1 saturated heterocycles. The first-order chi connectivity index (χ1) is 8.38. The highest BCUT2D eigenvalue weighted by molar-refractivity contribution is 7.86. The lowest BCUT2D eigenvalue weighted by Gasteiger charge is -2.13. The average Bonchev–Trinajstić information content (AvgIpc) is 2.45. The molecule has 0 spiro atoms. The predicted molar refractivity (Wildman–Crippen MR) is 60.3 cm³/mol. The van der Waals surface area contributed by atoms with E-state index in [0.29, 0.717) is 0 Å². The molecule has 0 aliphatic carbocycles. The molecule has 13 heteroatoms. The second-order valence-electron chi connectivity index (χ2n) is 3.65. The summed E-state index contributed by atoms with van der Waals surface area (Å²) >= 11 is 0. The second-order valence-corrected chi connectivity index (χ2v) is 8.14. The highest BCUT2D eigenvalue weighted by atomic mass is 32.3. The van der Waals surface area contributed by atoms with Gasteiger partial charge in [0.2, 0.25) is 0 Å². The molecule has 0 N–H and O–H groups in total. The molecule has 0 aromatic rings. The standard InChI is InChI=1S/C6H12O10S3/c1-17(7,8)13-3-5-6(4-14-18(2,9)10)16-19(11,12)15-5/h5-6H,3-4H2,1-2H3/t5-,6-/m1/s1. The van der Waals surface area contributed by atoms with Crippen LogP contribution in [-0.2, 0) is 47.4 Å². The zero-order valence-electron chi connectivity index (χ0n) is 9.88. The van der Waals surface area contributed by atoms with Crippen LogP contribution in [0.3, 0.4) is 0 Å². The summed E-state index contributed by atoms with van der Waals surface area (Å²) in [6, 6.07) is 0. The molecule has 19 heavy (non-hydrogen) atoms. The summed E-state index contributed by atoms with van der Waals surface area (Å²) in [6.45, 7) is -1.29. The minimum atomic E-state index is -4.33. The molecule has 1 aliphatic rings. The second kappa shape index (κ2) is 5.59. The van der Waals surface area contributed by atoms with E-state index in [9.17, 15) is 25.3 Å². The Kier molecular flexibility index (Phi) is 4.93. The molecule has 0 aromatic heterocycles. The molecular formula is C6H12O10S3. The van der Waals surface area contributed by atoms with E-state index in [2.05, 4.69) is 16.7 Å². The van der Waals surface area contributed by atoms with Gasteiger partial charge in [-0.05, 0) is 0 Å². The summed E-state index contributed by atoms with van der Waals surface area (Å²) in [4.78, 5) is 0. The summed E-state index contributed by atoms with van der Waals surface area (Å²) in [5.74, 6) is 0. The van der Waals surface area contributed by atoms with Crippen LogP contribution in [-0.4, -0.2) is 63.2 Å². The van der Waals surface area contributed by atoms with Crippen molar-refractivity contribution in [3.63, 3.8) is 0 Å². The van der Waals surface area contributed by atoms with Crippen LogP contribution in [0.2, 0.25) is 0 Å². The number of rotatable bonds is 6. The highest BCUT2D eigenvalue weighted by Crippen LogP contribution is 2.22. The van der Waals surface area contributed by atoms with Gasteiger partial charge >= 0.3 is 10.4 Å². The summed E-state index contributed by atoms with van der Waals surface area (Å²) in [5, 5.41) is 0. The molecule has 114 valence electrons. The van der Waals surface area contributed by atoms with Crippen molar-refractivity contribution in [2.24, 2.45) is 0 Å². The third-order valence-corrected chi connectivity index (χ3v) is 3.88. The SMILES string of the molecule is CS(=O)(=O)OC[C@H]1OS(=O)(=O)O[C@@H]1COS(C)(=O)=O. The van der Waals surface area contributed by atoms with Gasteiger partial charge in [0.1, 0.15) is 12.2 Å². The molecule has 0 radical (unpaired) electrons. The molecule has 1 fully saturated rings. The molecule has 0 amide bonds. The fourth-order valence-electron chi connectivity index (χ4n) is 1.10. The van der Waals surface area contributed by atoms with Crippen molar-refractivity contribution in [2.45, 2.75) is 12.2 Å². The summed E-state index contributed by atoms with van der Waals surface area (Å²) < 4.78 is 82.8. The first-order valence-corrected chi connectivity index (χ1v) is 9.65. The maximum Gasteiger partial charge on any atom is 0.400 e.